The molecule has 0 aliphatic carbocycles. The quantitative estimate of drug-likeness (QED) is 0.505. The van der Waals surface area contributed by atoms with Crippen molar-refractivity contribution in [2.75, 3.05) is 18.4 Å². The van der Waals surface area contributed by atoms with Gasteiger partial charge >= 0.3 is 0 Å². The van der Waals surface area contributed by atoms with Gasteiger partial charge in [0.2, 0.25) is 10.0 Å². The molecule has 0 atom stereocenters. The summed E-state index contributed by atoms with van der Waals surface area (Å²) in [5.74, 6) is -0.00868. The van der Waals surface area contributed by atoms with Crippen molar-refractivity contribution in [3.8, 4) is 11.4 Å². The van der Waals surface area contributed by atoms with E-state index in [4.69, 9.17) is 4.74 Å². The molecular weight excluding hydrogens is 440 g/mol. The first-order valence-electron chi connectivity index (χ1n) is 10.9. The third-order valence-electron chi connectivity index (χ3n) is 5.16. The van der Waals surface area contributed by atoms with Crippen molar-refractivity contribution < 1.29 is 17.9 Å². The van der Waals surface area contributed by atoms with Crippen LogP contribution in [0.5, 0.6) is 5.75 Å². The topological polar surface area (TPSA) is 93.5 Å². The molecule has 8 nitrogen and oxygen atoms in total. The number of ether oxygens (including phenoxy) is 1. The Morgan fingerprint density at radius 2 is 1.79 bits per heavy atom. The number of sulfonamides is 1. The first-order chi connectivity index (χ1) is 15.7. The van der Waals surface area contributed by atoms with E-state index in [9.17, 15) is 13.2 Å². The third kappa shape index (κ3) is 5.26. The van der Waals surface area contributed by atoms with Crippen molar-refractivity contribution in [3.63, 3.8) is 0 Å². The van der Waals surface area contributed by atoms with Crippen molar-refractivity contribution in [1.82, 2.24) is 14.1 Å². The number of carbonyl (C=O) groups is 1. The smallest absolute Gasteiger partial charge is 0.259 e. The van der Waals surface area contributed by atoms with E-state index in [1.54, 1.807) is 24.6 Å². The van der Waals surface area contributed by atoms with Crippen LogP contribution in [0.15, 0.2) is 59.6 Å². The van der Waals surface area contributed by atoms with Gasteiger partial charge in [-0.25, -0.2) is 13.1 Å². The van der Waals surface area contributed by atoms with Crippen LogP contribution in [0.2, 0.25) is 0 Å². The standard InChI is InChI=1S/C24H30N4O4S/c1-6-27(7-2)33(30,31)20-13-14-23(32-17(3)4)22(15-20)26-24(29)21-16-25-28(18(21)5)19-11-9-8-10-12-19/h8-17H,6-7H2,1-5H3,(H,26,29). The normalized spacial score (nSPS) is 11.7. The number of benzene rings is 2. The number of rotatable bonds is 9. The molecule has 0 unspecified atom stereocenters. The molecule has 1 heterocycles. The van der Waals surface area contributed by atoms with Gasteiger partial charge in [0, 0.05) is 13.1 Å². The molecule has 33 heavy (non-hydrogen) atoms. The Labute approximate surface area is 195 Å². The molecule has 1 amide bonds. The maximum Gasteiger partial charge on any atom is 0.259 e. The van der Waals surface area contributed by atoms with E-state index in [0.717, 1.165) is 5.69 Å². The molecule has 9 heteroatoms. The van der Waals surface area contributed by atoms with Crippen LogP contribution in [0.3, 0.4) is 0 Å². The summed E-state index contributed by atoms with van der Waals surface area (Å²) in [5.41, 5.74) is 2.17. The monoisotopic (exact) mass is 470 g/mol. The molecule has 0 bridgehead atoms. The van der Waals surface area contributed by atoms with Crippen LogP contribution in [0.4, 0.5) is 5.69 Å². The second kappa shape index (κ2) is 10.2. The average molecular weight is 471 g/mol. The zero-order valence-electron chi connectivity index (χ0n) is 19.6. The number of nitrogens with zero attached hydrogens (tertiary/aromatic N) is 3. The molecule has 1 N–H and O–H groups in total. The number of hydrogen-bond acceptors (Lipinski definition) is 5. The Bertz CT molecular complexity index is 1220. The highest BCUT2D eigenvalue weighted by atomic mass is 32.2. The van der Waals surface area contributed by atoms with E-state index in [1.165, 1.54) is 22.6 Å². The number of nitrogens with one attached hydrogen (secondary N) is 1. The van der Waals surface area contributed by atoms with Crippen LogP contribution in [-0.2, 0) is 10.0 Å². The molecular formula is C24H30N4O4S. The molecule has 0 saturated carbocycles. The highest BCUT2D eigenvalue weighted by Crippen LogP contribution is 2.31. The molecule has 0 spiro atoms. The van der Waals surface area contributed by atoms with E-state index >= 15 is 0 Å². The predicted molar refractivity (Wildman–Crippen MR) is 129 cm³/mol. The summed E-state index contributed by atoms with van der Waals surface area (Å²) in [6.45, 7) is 9.80. The molecule has 0 radical (unpaired) electrons. The Morgan fingerprint density at radius 3 is 2.39 bits per heavy atom. The first-order valence-corrected chi connectivity index (χ1v) is 12.3. The minimum Gasteiger partial charge on any atom is -0.489 e. The van der Waals surface area contributed by atoms with E-state index in [1.807, 2.05) is 51.1 Å². The van der Waals surface area contributed by atoms with Gasteiger partial charge < -0.3 is 10.1 Å². The summed E-state index contributed by atoms with van der Waals surface area (Å²) < 4.78 is 34.9. The second-order valence-electron chi connectivity index (χ2n) is 7.76. The number of anilines is 1. The Balaban J connectivity index is 1.98. The Kier molecular flexibility index (Phi) is 7.55. The highest BCUT2D eigenvalue weighted by Gasteiger charge is 2.24. The fourth-order valence-electron chi connectivity index (χ4n) is 3.49. The minimum atomic E-state index is -3.70. The lowest BCUT2D eigenvalue weighted by Crippen LogP contribution is -2.30. The summed E-state index contributed by atoms with van der Waals surface area (Å²) in [7, 11) is -3.70. The van der Waals surface area contributed by atoms with E-state index in [-0.39, 0.29) is 16.7 Å². The molecule has 176 valence electrons. The highest BCUT2D eigenvalue weighted by molar-refractivity contribution is 7.89. The largest absolute Gasteiger partial charge is 0.489 e. The summed E-state index contributed by atoms with van der Waals surface area (Å²) in [4.78, 5) is 13.2. The van der Waals surface area contributed by atoms with Crippen molar-refractivity contribution in [1.29, 1.82) is 0 Å². The molecule has 3 rings (SSSR count). The van der Waals surface area contributed by atoms with Crippen molar-refractivity contribution in [2.45, 2.75) is 45.6 Å². The summed E-state index contributed by atoms with van der Waals surface area (Å²) in [5, 5.41) is 7.17. The van der Waals surface area contributed by atoms with E-state index in [0.29, 0.717) is 30.1 Å². The van der Waals surface area contributed by atoms with Crippen LogP contribution in [0.1, 0.15) is 43.7 Å². The van der Waals surface area contributed by atoms with Crippen molar-refractivity contribution in [2.24, 2.45) is 0 Å². The molecule has 0 aliphatic heterocycles. The van der Waals surface area contributed by atoms with Gasteiger partial charge in [0.25, 0.3) is 5.91 Å². The van der Waals surface area contributed by atoms with Crippen LogP contribution in [0, 0.1) is 6.92 Å². The fraction of sp³-hybridized carbons (Fsp3) is 0.333. The predicted octanol–water partition coefficient (Wildman–Crippen LogP) is 4.25. The summed E-state index contributed by atoms with van der Waals surface area (Å²) in [6.07, 6.45) is 1.34. The number of aromatic nitrogens is 2. The van der Waals surface area contributed by atoms with Crippen LogP contribution in [0.25, 0.3) is 5.69 Å². The SMILES string of the molecule is CCN(CC)S(=O)(=O)c1ccc(OC(C)C)c(NC(=O)c2cnn(-c3ccccc3)c2C)c1. The summed E-state index contributed by atoms with van der Waals surface area (Å²) in [6, 6.07) is 14.0. The summed E-state index contributed by atoms with van der Waals surface area (Å²) >= 11 is 0. The number of para-hydroxylation sites is 1. The lowest BCUT2D eigenvalue weighted by molar-refractivity contribution is 0.102. The molecule has 1 aromatic heterocycles. The fourth-order valence-corrected chi connectivity index (χ4v) is 4.97. The zero-order valence-corrected chi connectivity index (χ0v) is 20.4. The van der Waals surface area contributed by atoms with Gasteiger partial charge in [-0.3, -0.25) is 4.79 Å². The van der Waals surface area contributed by atoms with Crippen molar-refractivity contribution in [3.05, 3.63) is 66.0 Å². The first kappa shape index (κ1) is 24.5. The maximum atomic E-state index is 13.1. The Morgan fingerprint density at radius 1 is 1.12 bits per heavy atom. The van der Waals surface area contributed by atoms with Crippen LogP contribution < -0.4 is 10.1 Å². The van der Waals surface area contributed by atoms with Gasteiger partial charge in [-0.05, 0) is 51.1 Å². The van der Waals surface area contributed by atoms with E-state index in [2.05, 4.69) is 10.4 Å². The van der Waals surface area contributed by atoms with Gasteiger partial charge in [0.1, 0.15) is 5.75 Å². The van der Waals surface area contributed by atoms with Gasteiger partial charge in [-0.2, -0.15) is 9.40 Å². The van der Waals surface area contributed by atoms with Crippen LogP contribution >= 0.6 is 0 Å². The Hall–Kier alpha value is -3.17. The third-order valence-corrected chi connectivity index (χ3v) is 7.21. The lowest BCUT2D eigenvalue weighted by Gasteiger charge is -2.20. The molecule has 0 aliphatic rings. The number of hydrogen-bond donors (Lipinski definition) is 1. The molecule has 3 aromatic rings. The lowest BCUT2D eigenvalue weighted by atomic mass is 10.2. The van der Waals surface area contributed by atoms with Gasteiger partial charge in [-0.1, -0.05) is 32.0 Å². The van der Waals surface area contributed by atoms with E-state index < -0.39 is 15.9 Å². The molecule has 0 saturated heterocycles. The van der Waals surface area contributed by atoms with Gasteiger partial charge in [0.05, 0.1) is 39.8 Å². The second-order valence-corrected chi connectivity index (χ2v) is 9.70. The molecule has 2 aromatic carbocycles. The number of carbonyl (C=O) groups excluding carboxylic acids is 1. The minimum absolute atomic E-state index is 0.0920. The number of amides is 1. The van der Waals surface area contributed by atoms with Gasteiger partial charge in [0.15, 0.2) is 0 Å². The van der Waals surface area contributed by atoms with Crippen LogP contribution in [-0.4, -0.2) is 47.6 Å². The average Bonchev–Trinajstić information content (AvgIpc) is 3.17. The van der Waals surface area contributed by atoms with Gasteiger partial charge in [-0.15, -0.1) is 0 Å². The van der Waals surface area contributed by atoms with Crippen molar-refractivity contribution >= 4 is 21.6 Å². The maximum absolute atomic E-state index is 13.1. The molecule has 0 fully saturated rings. The zero-order chi connectivity index (χ0) is 24.2.